The third-order valence-electron chi connectivity index (χ3n) is 1.43. The fourth-order valence-electron chi connectivity index (χ4n) is 0.689. The quantitative estimate of drug-likeness (QED) is 0.577. The van der Waals surface area contributed by atoms with Gasteiger partial charge in [-0.05, 0) is 25.3 Å². The lowest BCUT2D eigenvalue weighted by molar-refractivity contribution is 0.349. The summed E-state index contributed by atoms with van der Waals surface area (Å²) in [5.41, 5.74) is 0. The summed E-state index contributed by atoms with van der Waals surface area (Å²) < 4.78 is 5.04. The van der Waals surface area contributed by atoms with E-state index in [1.54, 1.807) is 0 Å². The highest BCUT2D eigenvalue weighted by Crippen LogP contribution is 2.07. The summed E-state index contributed by atoms with van der Waals surface area (Å²) in [6.45, 7) is 13.7. The first-order chi connectivity index (χ1) is 5.70. The Morgan fingerprint density at radius 2 is 2.00 bits per heavy atom. The second kappa shape index (κ2) is 10.3. The van der Waals surface area contributed by atoms with Gasteiger partial charge in [0.15, 0.2) is 0 Å². The Bertz CT molecular complexity index is 125. The van der Waals surface area contributed by atoms with E-state index in [-0.39, 0.29) is 0 Å². The average molecular weight is 170 g/mol. The number of rotatable bonds is 4. The lowest BCUT2D eigenvalue weighted by Crippen LogP contribution is -1.88. The maximum Gasteiger partial charge on any atom is 0.0963 e. The van der Waals surface area contributed by atoms with Gasteiger partial charge in [-0.15, -0.1) is 0 Å². The van der Waals surface area contributed by atoms with E-state index in [4.69, 9.17) is 4.74 Å². The zero-order valence-electron chi connectivity index (χ0n) is 9.05. The molecule has 0 N–H and O–H groups in total. The number of hydrogen-bond acceptors (Lipinski definition) is 1. The van der Waals surface area contributed by atoms with Crippen LogP contribution in [0.3, 0.4) is 0 Å². The first kappa shape index (κ1) is 13.8. The molecule has 0 aliphatic heterocycles. The van der Waals surface area contributed by atoms with Crippen LogP contribution in [0.4, 0.5) is 0 Å². The molecule has 1 nitrogen and oxygen atoms in total. The average Bonchev–Trinajstić information content (AvgIpc) is 2.08. The Balaban J connectivity index is 0. The van der Waals surface area contributed by atoms with Crippen molar-refractivity contribution < 1.29 is 4.74 Å². The van der Waals surface area contributed by atoms with Gasteiger partial charge < -0.3 is 4.74 Å². The summed E-state index contributed by atoms with van der Waals surface area (Å²) in [5, 5.41) is 0. The van der Waals surface area contributed by atoms with Gasteiger partial charge in [0.2, 0.25) is 0 Å². The molecule has 72 valence electrons. The Labute approximate surface area is 77.1 Å². The van der Waals surface area contributed by atoms with Gasteiger partial charge in [-0.25, -0.2) is 0 Å². The monoisotopic (exact) mass is 170 g/mol. The highest BCUT2D eigenvalue weighted by atomic mass is 16.5. The summed E-state index contributed by atoms with van der Waals surface area (Å²) in [6, 6.07) is 0. The van der Waals surface area contributed by atoms with E-state index in [0.29, 0.717) is 5.92 Å². The van der Waals surface area contributed by atoms with E-state index in [1.807, 2.05) is 20.8 Å². The minimum Gasteiger partial charge on any atom is -0.471 e. The normalized spacial score (nSPS) is 12.6. The van der Waals surface area contributed by atoms with E-state index < -0.39 is 0 Å². The molecule has 0 spiro atoms. The SMILES string of the molecule is C=CO/C(C)=C\C(C)CC.CC. The Morgan fingerprint density at radius 1 is 1.50 bits per heavy atom. The highest BCUT2D eigenvalue weighted by molar-refractivity contribution is 4.92. The van der Waals surface area contributed by atoms with E-state index in [9.17, 15) is 0 Å². The van der Waals surface area contributed by atoms with Gasteiger partial charge in [-0.3, -0.25) is 0 Å². The van der Waals surface area contributed by atoms with Crippen molar-refractivity contribution in [2.75, 3.05) is 0 Å². The van der Waals surface area contributed by atoms with Crippen LogP contribution in [0.2, 0.25) is 0 Å². The van der Waals surface area contributed by atoms with Crippen LogP contribution in [0.1, 0.15) is 41.0 Å². The predicted octanol–water partition coefficient (Wildman–Crippen LogP) is 4.12. The van der Waals surface area contributed by atoms with E-state index >= 15 is 0 Å². The molecule has 0 aliphatic rings. The minimum absolute atomic E-state index is 0.597. The standard InChI is InChI=1S/C9H16O.C2H6/c1-5-8(3)7-9(4)10-6-2;1-2/h6-8H,2,5H2,1,3-4H3;1-2H3/b9-7-;. The lowest BCUT2D eigenvalue weighted by Gasteiger charge is -2.03. The summed E-state index contributed by atoms with van der Waals surface area (Å²) >= 11 is 0. The minimum atomic E-state index is 0.597. The predicted molar refractivity (Wildman–Crippen MR) is 55.8 cm³/mol. The molecule has 0 aliphatic carbocycles. The number of ether oxygens (including phenoxy) is 1. The van der Waals surface area contributed by atoms with Crippen LogP contribution >= 0.6 is 0 Å². The maximum atomic E-state index is 5.04. The molecule has 0 radical (unpaired) electrons. The summed E-state index contributed by atoms with van der Waals surface area (Å²) in [6.07, 6.45) is 4.70. The van der Waals surface area contributed by atoms with E-state index in [0.717, 1.165) is 12.2 Å². The first-order valence-corrected chi connectivity index (χ1v) is 4.66. The summed E-state index contributed by atoms with van der Waals surface area (Å²) in [4.78, 5) is 0. The van der Waals surface area contributed by atoms with Crippen LogP contribution in [0.25, 0.3) is 0 Å². The second-order valence-electron chi connectivity index (χ2n) is 2.45. The molecule has 0 aromatic carbocycles. The molecule has 1 atom stereocenters. The largest absolute Gasteiger partial charge is 0.471 e. The van der Waals surface area contributed by atoms with Gasteiger partial charge in [-0.1, -0.05) is 34.3 Å². The number of allylic oxidation sites excluding steroid dienone is 2. The molecule has 0 heterocycles. The first-order valence-electron chi connectivity index (χ1n) is 4.66. The Kier molecular flexibility index (Phi) is 11.9. The van der Waals surface area contributed by atoms with Crippen LogP contribution in [0.5, 0.6) is 0 Å². The highest BCUT2D eigenvalue weighted by Gasteiger charge is 1.93. The second-order valence-corrected chi connectivity index (χ2v) is 2.45. The Hall–Kier alpha value is -0.720. The van der Waals surface area contributed by atoms with Gasteiger partial charge in [-0.2, -0.15) is 0 Å². The third-order valence-corrected chi connectivity index (χ3v) is 1.43. The van der Waals surface area contributed by atoms with E-state index in [2.05, 4.69) is 26.5 Å². The molecular formula is C11H22O. The molecule has 0 saturated carbocycles. The molecule has 1 heteroatoms. The molecule has 0 amide bonds. The maximum absolute atomic E-state index is 5.04. The van der Waals surface area contributed by atoms with Crippen molar-refractivity contribution >= 4 is 0 Å². The Morgan fingerprint density at radius 3 is 2.33 bits per heavy atom. The molecule has 0 aromatic rings. The molecule has 0 aromatic heterocycles. The van der Waals surface area contributed by atoms with Crippen LogP contribution in [0, 0.1) is 5.92 Å². The third kappa shape index (κ3) is 9.28. The fraction of sp³-hybridized carbons (Fsp3) is 0.636. The van der Waals surface area contributed by atoms with Gasteiger partial charge >= 0.3 is 0 Å². The van der Waals surface area contributed by atoms with Crippen molar-refractivity contribution in [2.24, 2.45) is 5.92 Å². The molecule has 0 bridgehead atoms. The van der Waals surface area contributed by atoms with Crippen LogP contribution in [-0.4, -0.2) is 0 Å². The molecule has 0 saturated heterocycles. The molecule has 0 rings (SSSR count). The molecule has 12 heavy (non-hydrogen) atoms. The van der Waals surface area contributed by atoms with Gasteiger partial charge in [0.1, 0.15) is 0 Å². The van der Waals surface area contributed by atoms with Crippen molar-refractivity contribution in [2.45, 2.75) is 41.0 Å². The molecule has 0 fully saturated rings. The number of hydrogen-bond donors (Lipinski definition) is 0. The van der Waals surface area contributed by atoms with Crippen molar-refractivity contribution in [3.63, 3.8) is 0 Å². The summed E-state index contributed by atoms with van der Waals surface area (Å²) in [5.74, 6) is 1.53. The topological polar surface area (TPSA) is 9.23 Å². The van der Waals surface area contributed by atoms with Gasteiger partial charge in [0.25, 0.3) is 0 Å². The smallest absolute Gasteiger partial charge is 0.0963 e. The fourth-order valence-corrected chi connectivity index (χ4v) is 0.689. The van der Waals surface area contributed by atoms with Crippen LogP contribution in [0.15, 0.2) is 24.7 Å². The summed E-state index contributed by atoms with van der Waals surface area (Å²) in [7, 11) is 0. The van der Waals surface area contributed by atoms with E-state index in [1.165, 1.54) is 6.26 Å². The molecular weight excluding hydrogens is 148 g/mol. The van der Waals surface area contributed by atoms with Gasteiger partial charge in [0.05, 0.1) is 12.0 Å². The van der Waals surface area contributed by atoms with Crippen molar-refractivity contribution in [3.05, 3.63) is 24.7 Å². The van der Waals surface area contributed by atoms with Crippen molar-refractivity contribution in [3.8, 4) is 0 Å². The molecule has 1 unspecified atom stereocenters. The zero-order chi connectivity index (χ0) is 9.98. The zero-order valence-corrected chi connectivity index (χ0v) is 9.05. The van der Waals surface area contributed by atoms with Gasteiger partial charge in [0, 0.05) is 0 Å². The van der Waals surface area contributed by atoms with Crippen molar-refractivity contribution in [1.29, 1.82) is 0 Å². The van der Waals surface area contributed by atoms with Crippen LogP contribution < -0.4 is 0 Å². The lowest BCUT2D eigenvalue weighted by atomic mass is 10.1. The van der Waals surface area contributed by atoms with Crippen LogP contribution in [-0.2, 0) is 4.74 Å². The van der Waals surface area contributed by atoms with Crippen molar-refractivity contribution in [1.82, 2.24) is 0 Å².